The van der Waals surface area contributed by atoms with Gasteiger partial charge >= 0.3 is 0 Å². The number of hydrogen-bond donors (Lipinski definition) is 2. The van der Waals surface area contributed by atoms with Crippen LogP contribution in [0.5, 0.6) is 0 Å². The topological polar surface area (TPSA) is 75.2 Å². The van der Waals surface area contributed by atoms with E-state index in [0.717, 1.165) is 10.9 Å². The van der Waals surface area contributed by atoms with E-state index in [1.165, 1.54) is 0 Å². The van der Waals surface area contributed by atoms with E-state index in [1.54, 1.807) is 6.92 Å². The van der Waals surface area contributed by atoms with Gasteiger partial charge in [-0.15, -0.1) is 0 Å². The maximum absolute atomic E-state index is 10.4. The van der Waals surface area contributed by atoms with Gasteiger partial charge in [0.05, 0.1) is 17.3 Å². The fourth-order valence-corrected chi connectivity index (χ4v) is 1.68. The Labute approximate surface area is 92.0 Å². The fraction of sp³-hybridized carbons (Fsp3) is 0.273. The number of fused-ring (bicyclic) bond motifs is 1. The van der Waals surface area contributed by atoms with Crippen molar-refractivity contribution in [2.24, 2.45) is 0 Å². The Morgan fingerprint density at radius 3 is 2.94 bits per heavy atom. The summed E-state index contributed by atoms with van der Waals surface area (Å²) in [6, 6.07) is 7.43. The number of benzene rings is 1. The lowest BCUT2D eigenvalue weighted by molar-refractivity contribution is -0.139. The molecule has 5 heteroatoms. The van der Waals surface area contributed by atoms with Crippen molar-refractivity contribution in [3.8, 4) is 0 Å². The van der Waals surface area contributed by atoms with Crippen molar-refractivity contribution in [3.05, 3.63) is 30.0 Å². The van der Waals surface area contributed by atoms with E-state index >= 15 is 0 Å². The van der Waals surface area contributed by atoms with Crippen molar-refractivity contribution < 1.29 is 14.6 Å². The number of aromatic amines is 1. The maximum Gasteiger partial charge on any atom is 0.293 e. The monoisotopic (exact) mass is 220 g/mol. The Kier molecular flexibility index (Phi) is 2.87. The summed E-state index contributed by atoms with van der Waals surface area (Å²) in [5, 5.41) is 17.2. The molecule has 1 aromatic heterocycles. The average molecular weight is 220 g/mol. The standard InChI is InChI=1S/C11H12N2O3/c1-7(15)11(16-6-14)10-8-4-2-3-5-9(8)12-13-10/h2-7,11,15H,1H3,(H,12,13). The Bertz CT molecular complexity index is 493. The number of nitrogens with zero attached hydrogens (tertiary/aromatic N) is 1. The van der Waals surface area contributed by atoms with Crippen molar-refractivity contribution in [1.29, 1.82) is 0 Å². The van der Waals surface area contributed by atoms with E-state index < -0.39 is 12.2 Å². The highest BCUT2D eigenvalue weighted by Crippen LogP contribution is 2.26. The molecule has 0 aliphatic carbocycles. The number of aromatic nitrogens is 2. The smallest absolute Gasteiger partial charge is 0.293 e. The number of carbonyl (C=O) groups is 1. The highest BCUT2D eigenvalue weighted by Gasteiger charge is 2.22. The van der Waals surface area contributed by atoms with E-state index in [0.29, 0.717) is 12.2 Å². The van der Waals surface area contributed by atoms with Gasteiger partial charge in [-0.2, -0.15) is 5.10 Å². The molecule has 0 aliphatic heterocycles. The minimum atomic E-state index is -0.797. The van der Waals surface area contributed by atoms with Gasteiger partial charge in [0, 0.05) is 5.39 Å². The van der Waals surface area contributed by atoms with Crippen LogP contribution in [-0.2, 0) is 9.53 Å². The quantitative estimate of drug-likeness (QED) is 0.758. The second-order valence-corrected chi connectivity index (χ2v) is 3.55. The summed E-state index contributed by atoms with van der Waals surface area (Å²) in [5.41, 5.74) is 1.38. The number of carbonyl (C=O) groups excluding carboxylic acids is 1. The normalized spacial score (nSPS) is 14.6. The van der Waals surface area contributed by atoms with Crippen LogP contribution in [0.15, 0.2) is 24.3 Å². The first-order valence-electron chi connectivity index (χ1n) is 4.94. The van der Waals surface area contributed by atoms with Crippen LogP contribution in [0.25, 0.3) is 10.9 Å². The first kappa shape index (κ1) is 10.6. The van der Waals surface area contributed by atoms with Crippen LogP contribution in [0.2, 0.25) is 0 Å². The highest BCUT2D eigenvalue weighted by molar-refractivity contribution is 5.81. The van der Waals surface area contributed by atoms with Gasteiger partial charge in [-0.1, -0.05) is 18.2 Å². The Balaban J connectivity index is 2.48. The van der Waals surface area contributed by atoms with E-state index in [-0.39, 0.29) is 0 Å². The van der Waals surface area contributed by atoms with Crippen molar-refractivity contribution in [2.45, 2.75) is 19.1 Å². The molecule has 0 saturated heterocycles. The zero-order chi connectivity index (χ0) is 11.5. The molecular weight excluding hydrogens is 208 g/mol. The third kappa shape index (κ3) is 1.77. The molecule has 16 heavy (non-hydrogen) atoms. The molecule has 0 spiro atoms. The molecule has 1 heterocycles. The first-order chi connectivity index (χ1) is 7.74. The summed E-state index contributed by atoms with van der Waals surface area (Å²) in [6.45, 7) is 1.89. The van der Waals surface area contributed by atoms with Crippen LogP contribution in [0, 0.1) is 0 Å². The van der Waals surface area contributed by atoms with Gasteiger partial charge in [0.2, 0.25) is 0 Å². The van der Waals surface area contributed by atoms with E-state index in [9.17, 15) is 9.90 Å². The molecule has 2 N–H and O–H groups in total. The van der Waals surface area contributed by atoms with Crippen LogP contribution in [0.1, 0.15) is 18.7 Å². The molecule has 2 unspecified atom stereocenters. The summed E-state index contributed by atoms with van der Waals surface area (Å²) in [6.07, 6.45) is -1.51. The Morgan fingerprint density at radius 2 is 2.25 bits per heavy atom. The molecule has 0 fully saturated rings. The lowest BCUT2D eigenvalue weighted by Crippen LogP contribution is -2.18. The molecule has 0 aliphatic rings. The zero-order valence-electron chi connectivity index (χ0n) is 8.75. The lowest BCUT2D eigenvalue weighted by atomic mass is 10.1. The average Bonchev–Trinajstić information content (AvgIpc) is 2.69. The molecule has 2 aromatic rings. The highest BCUT2D eigenvalue weighted by atomic mass is 16.5. The van der Waals surface area contributed by atoms with Crippen molar-refractivity contribution in [2.75, 3.05) is 0 Å². The lowest BCUT2D eigenvalue weighted by Gasteiger charge is -2.16. The number of aliphatic hydroxyl groups excluding tert-OH is 1. The van der Waals surface area contributed by atoms with Gasteiger partial charge in [-0.25, -0.2) is 0 Å². The second kappa shape index (κ2) is 4.32. The van der Waals surface area contributed by atoms with E-state index in [1.807, 2.05) is 24.3 Å². The number of nitrogens with one attached hydrogen (secondary N) is 1. The third-order valence-corrected chi connectivity index (χ3v) is 2.42. The molecule has 5 nitrogen and oxygen atoms in total. The molecule has 0 radical (unpaired) electrons. The van der Waals surface area contributed by atoms with Gasteiger partial charge < -0.3 is 9.84 Å². The van der Waals surface area contributed by atoms with Crippen LogP contribution in [0.3, 0.4) is 0 Å². The van der Waals surface area contributed by atoms with Crippen LogP contribution in [0.4, 0.5) is 0 Å². The summed E-state index contributed by atoms with van der Waals surface area (Å²) in [7, 11) is 0. The van der Waals surface area contributed by atoms with Crippen LogP contribution < -0.4 is 0 Å². The molecule has 84 valence electrons. The zero-order valence-corrected chi connectivity index (χ0v) is 8.75. The van der Waals surface area contributed by atoms with Crippen molar-refractivity contribution >= 4 is 17.4 Å². The largest absolute Gasteiger partial charge is 0.455 e. The molecule has 0 saturated carbocycles. The Morgan fingerprint density at radius 1 is 1.50 bits per heavy atom. The number of aliphatic hydroxyl groups is 1. The van der Waals surface area contributed by atoms with Gasteiger partial charge in [0.15, 0.2) is 6.10 Å². The second-order valence-electron chi connectivity index (χ2n) is 3.55. The van der Waals surface area contributed by atoms with E-state index in [2.05, 4.69) is 10.2 Å². The summed E-state index contributed by atoms with van der Waals surface area (Å²) in [5.74, 6) is 0. The molecule has 2 atom stereocenters. The van der Waals surface area contributed by atoms with Gasteiger partial charge in [-0.3, -0.25) is 9.89 Å². The van der Waals surface area contributed by atoms with Gasteiger partial charge in [0.25, 0.3) is 6.47 Å². The summed E-state index contributed by atoms with van der Waals surface area (Å²) in [4.78, 5) is 10.4. The van der Waals surface area contributed by atoms with Crippen LogP contribution >= 0.6 is 0 Å². The van der Waals surface area contributed by atoms with Crippen molar-refractivity contribution in [1.82, 2.24) is 10.2 Å². The maximum atomic E-state index is 10.4. The fourth-order valence-electron chi connectivity index (χ4n) is 1.68. The summed E-state index contributed by atoms with van der Waals surface area (Å²) >= 11 is 0. The SMILES string of the molecule is CC(O)C(OC=O)c1[nH]nc2ccccc12. The number of rotatable bonds is 4. The number of hydrogen-bond acceptors (Lipinski definition) is 4. The minimum Gasteiger partial charge on any atom is -0.455 e. The van der Waals surface area contributed by atoms with Gasteiger partial charge in [-0.05, 0) is 13.0 Å². The predicted octanol–water partition coefficient (Wildman–Crippen LogP) is 1.16. The van der Waals surface area contributed by atoms with Crippen LogP contribution in [-0.4, -0.2) is 27.9 Å². The predicted molar refractivity (Wildman–Crippen MR) is 57.7 cm³/mol. The van der Waals surface area contributed by atoms with Crippen molar-refractivity contribution in [3.63, 3.8) is 0 Å². The third-order valence-electron chi connectivity index (χ3n) is 2.42. The number of para-hydroxylation sites is 1. The summed E-state index contributed by atoms with van der Waals surface area (Å²) < 4.78 is 4.85. The number of ether oxygens (including phenoxy) is 1. The number of H-pyrrole nitrogens is 1. The Hall–Kier alpha value is -1.88. The molecular formula is C11H12N2O3. The molecule has 0 bridgehead atoms. The van der Waals surface area contributed by atoms with E-state index in [4.69, 9.17) is 4.74 Å². The minimum absolute atomic E-state index is 0.326. The van der Waals surface area contributed by atoms with Gasteiger partial charge in [0.1, 0.15) is 0 Å². The molecule has 2 rings (SSSR count). The molecule has 1 aromatic carbocycles. The molecule has 0 amide bonds. The first-order valence-corrected chi connectivity index (χ1v) is 4.94.